The van der Waals surface area contributed by atoms with Crippen LogP contribution in [0.15, 0.2) is 18.2 Å². The number of benzene rings is 1. The summed E-state index contributed by atoms with van der Waals surface area (Å²) >= 11 is 3.73. The molecule has 1 saturated carbocycles. The molecule has 1 fully saturated rings. The van der Waals surface area contributed by atoms with Gasteiger partial charge >= 0.3 is 0 Å². The Morgan fingerprint density at radius 3 is 2.90 bits per heavy atom. The molecule has 1 N–H and O–H groups in total. The van der Waals surface area contributed by atoms with Gasteiger partial charge in [0, 0.05) is 11.4 Å². The van der Waals surface area contributed by atoms with Crippen molar-refractivity contribution >= 4 is 21.8 Å². The van der Waals surface area contributed by atoms with Crippen molar-refractivity contribution in [2.24, 2.45) is 5.92 Å². The van der Waals surface area contributed by atoms with Crippen molar-refractivity contribution in [3.05, 3.63) is 23.8 Å². The molecule has 0 bridgehead atoms. The molecule has 0 radical (unpaired) electrons. The Bertz CT molecular complexity index is 520. The van der Waals surface area contributed by atoms with Crippen LogP contribution in [0.4, 0.5) is 0 Å². The topological polar surface area (TPSA) is 47.6 Å². The second kappa shape index (κ2) is 6.69. The van der Waals surface area contributed by atoms with Crippen LogP contribution in [0, 0.1) is 5.92 Å². The Labute approximate surface area is 133 Å². The van der Waals surface area contributed by atoms with E-state index in [2.05, 4.69) is 21.2 Å². The maximum absolute atomic E-state index is 12.4. The number of hydrogen-bond donors (Lipinski definition) is 1. The largest absolute Gasteiger partial charge is 0.486 e. The fraction of sp³-hybridized carbons (Fsp3) is 0.562. The van der Waals surface area contributed by atoms with Gasteiger partial charge in [0.25, 0.3) is 5.91 Å². The van der Waals surface area contributed by atoms with Gasteiger partial charge in [0.15, 0.2) is 11.5 Å². The van der Waals surface area contributed by atoms with Crippen molar-refractivity contribution in [2.45, 2.75) is 30.5 Å². The van der Waals surface area contributed by atoms with Crippen molar-refractivity contribution < 1.29 is 14.3 Å². The second-order valence-electron chi connectivity index (χ2n) is 5.60. The lowest BCUT2D eigenvalue weighted by Crippen LogP contribution is -2.35. The number of hydrogen-bond acceptors (Lipinski definition) is 3. The molecular weight excluding hydrogens is 334 g/mol. The molecule has 1 aromatic rings. The van der Waals surface area contributed by atoms with Gasteiger partial charge in [0.05, 0.1) is 5.56 Å². The van der Waals surface area contributed by atoms with E-state index in [1.54, 1.807) is 6.07 Å². The van der Waals surface area contributed by atoms with Crippen LogP contribution in [0.3, 0.4) is 0 Å². The first-order chi connectivity index (χ1) is 10.3. The summed E-state index contributed by atoms with van der Waals surface area (Å²) in [5, 5.41) is 3.04. The first-order valence-corrected chi connectivity index (χ1v) is 8.48. The van der Waals surface area contributed by atoms with Crippen molar-refractivity contribution in [2.75, 3.05) is 19.8 Å². The summed E-state index contributed by atoms with van der Waals surface area (Å²) in [6.45, 7) is 1.73. The molecule has 4 nitrogen and oxygen atoms in total. The number of alkyl halides is 1. The number of para-hydroxylation sites is 1. The zero-order chi connectivity index (χ0) is 14.7. The molecule has 114 valence electrons. The minimum absolute atomic E-state index is 0.0809. The van der Waals surface area contributed by atoms with Crippen molar-refractivity contribution in [3.63, 3.8) is 0 Å². The molecule has 1 aliphatic heterocycles. The minimum Gasteiger partial charge on any atom is -0.486 e. The fourth-order valence-electron chi connectivity index (χ4n) is 2.96. The summed E-state index contributed by atoms with van der Waals surface area (Å²) in [4.78, 5) is 12.9. The smallest absolute Gasteiger partial charge is 0.255 e. The second-order valence-corrected chi connectivity index (χ2v) is 6.78. The van der Waals surface area contributed by atoms with Crippen LogP contribution >= 0.6 is 15.9 Å². The number of nitrogens with one attached hydrogen (secondary N) is 1. The van der Waals surface area contributed by atoms with Gasteiger partial charge in [-0.3, -0.25) is 4.79 Å². The Hall–Kier alpha value is -1.23. The summed E-state index contributed by atoms with van der Waals surface area (Å²) in [5.74, 6) is 1.66. The molecule has 2 unspecified atom stereocenters. The van der Waals surface area contributed by atoms with E-state index in [4.69, 9.17) is 9.47 Å². The number of carbonyl (C=O) groups is 1. The van der Waals surface area contributed by atoms with Crippen molar-refractivity contribution in [1.82, 2.24) is 5.32 Å². The SMILES string of the molecule is O=C(NCC1CCCCC1Br)c1cccc2c1OCCO2. The van der Waals surface area contributed by atoms with Crippen molar-refractivity contribution in [3.8, 4) is 11.5 Å². The monoisotopic (exact) mass is 353 g/mol. The molecule has 1 aliphatic carbocycles. The Morgan fingerprint density at radius 2 is 2.05 bits per heavy atom. The van der Waals surface area contributed by atoms with Crippen LogP contribution in [-0.2, 0) is 0 Å². The first kappa shape index (κ1) is 14.7. The highest BCUT2D eigenvalue weighted by molar-refractivity contribution is 9.09. The molecule has 21 heavy (non-hydrogen) atoms. The standard InChI is InChI=1S/C16H20BrNO3/c17-13-6-2-1-4-11(13)10-18-16(19)12-5-3-7-14-15(12)21-9-8-20-14/h3,5,7,11,13H,1-2,4,6,8-10H2,(H,18,19). The van der Waals surface area contributed by atoms with Crippen LogP contribution in [0.2, 0.25) is 0 Å². The summed E-state index contributed by atoms with van der Waals surface area (Å²) in [6, 6.07) is 5.45. The van der Waals surface area contributed by atoms with Crippen LogP contribution in [-0.4, -0.2) is 30.5 Å². The zero-order valence-corrected chi connectivity index (χ0v) is 13.5. The van der Waals surface area contributed by atoms with Gasteiger partial charge in [-0.2, -0.15) is 0 Å². The van der Waals surface area contributed by atoms with E-state index in [0.29, 0.717) is 47.6 Å². The quantitative estimate of drug-likeness (QED) is 0.849. The molecule has 3 rings (SSSR count). The predicted octanol–water partition coefficient (Wildman–Crippen LogP) is 3.14. The lowest BCUT2D eigenvalue weighted by molar-refractivity contribution is 0.0933. The van der Waals surface area contributed by atoms with Gasteiger partial charge in [0.2, 0.25) is 0 Å². The minimum atomic E-state index is -0.0809. The number of fused-ring (bicyclic) bond motifs is 1. The number of rotatable bonds is 3. The number of amides is 1. The summed E-state index contributed by atoms with van der Waals surface area (Å²) < 4.78 is 11.1. The Balaban J connectivity index is 1.65. The molecule has 2 atom stereocenters. The summed E-state index contributed by atoms with van der Waals surface area (Å²) in [7, 11) is 0. The molecule has 1 amide bonds. The molecule has 0 aromatic heterocycles. The van der Waals surface area contributed by atoms with E-state index in [1.807, 2.05) is 12.1 Å². The van der Waals surface area contributed by atoms with Gasteiger partial charge in [-0.1, -0.05) is 34.8 Å². The maximum atomic E-state index is 12.4. The van der Waals surface area contributed by atoms with Gasteiger partial charge in [-0.05, 0) is 30.9 Å². The number of carbonyl (C=O) groups excluding carboxylic acids is 1. The van der Waals surface area contributed by atoms with Gasteiger partial charge < -0.3 is 14.8 Å². The van der Waals surface area contributed by atoms with E-state index in [-0.39, 0.29) is 5.91 Å². The highest BCUT2D eigenvalue weighted by Gasteiger charge is 2.25. The summed E-state index contributed by atoms with van der Waals surface area (Å²) in [6.07, 6.45) is 4.89. The lowest BCUT2D eigenvalue weighted by Gasteiger charge is -2.27. The molecular formula is C16H20BrNO3. The first-order valence-electron chi connectivity index (χ1n) is 7.56. The highest BCUT2D eigenvalue weighted by atomic mass is 79.9. The molecule has 1 aromatic carbocycles. The summed E-state index contributed by atoms with van der Waals surface area (Å²) in [5.41, 5.74) is 0.564. The third kappa shape index (κ3) is 3.34. The normalized spacial score (nSPS) is 24.4. The zero-order valence-electron chi connectivity index (χ0n) is 11.9. The van der Waals surface area contributed by atoms with Crippen LogP contribution in [0.25, 0.3) is 0 Å². The fourth-order valence-corrected chi connectivity index (χ4v) is 3.74. The maximum Gasteiger partial charge on any atom is 0.255 e. The van der Waals surface area contributed by atoms with E-state index >= 15 is 0 Å². The number of ether oxygens (including phenoxy) is 2. The van der Waals surface area contributed by atoms with Gasteiger partial charge in [0.1, 0.15) is 13.2 Å². The average molecular weight is 354 g/mol. The third-order valence-electron chi connectivity index (χ3n) is 4.15. The predicted molar refractivity (Wildman–Crippen MR) is 84.4 cm³/mol. The van der Waals surface area contributed by atoms with E-state index in [0.717, 1.165) is 0 Å². The molecule has 2 aliphatic rings. The van der Waals surface area contributed by atoms with E-state index < -0.39 is 0 Å². The molecule has 0 saturated heterocycles. The van der Waals surface area contributed by atoms with Crippen molar-refractivity contribution in [1.29, 1.82) is 0 Å². The van der Waals surface area contributed by atoms with E-state index in [1.165, 1.54) is 25.7 Å². The van der Waals surface area contributed by atoms with Gasteiger partial charge in [-0.15, -0.1) is 0 Å². The van der Waals surface area contributed by atoms with Crippen LogP contribution in [0.5, 0.6) is 11.5 Å². The average Bonchev–Trinajstić information content (AvgIpc) is 2.53. The molecule has 1 heterocycles. The molecule has 0 spiro atoms. The Morgan fingerprint density at radius 1 is 1.24 bits per heavy atom. The van der Waals surface area contributed by atoms with Crippen LogP contribution < -0.4 is 14.8 Å². The third-order valence-corrected chi connectivity index (χ3v) is 5.36. The Kier molecular flexibility index (Phi) is 4.68. The number of halogens is 1. The van der Waals surface area contributed by atoms with Gasteiger partial charge in [-0.25, -0.2) is 0 Å². The van der Waals surface area contributed by atoms with Crippen LogP contribution in [0.1, 0.15) is 36.0 Å². The lowest BCUT2D eigenvalue weighted by atomic mass is 9.89. The molecule has 5 heteroatoms. The van der Waals surface area contributed by atoms with E-state index in [9.17, 15) is 4.79 Å². The highest BCUT2D eigenvalue weighted by Crippen LogP contribution is 2.34.